The number of aromatic nitrogens is 1. The molecule has 2 N–H and O–H groups in total. The Bertz CT molecular complexity index is 697. The minimum atomic E-state index is -1.34. The van der Waals surface area contributed by atoms with Gasteiger partial charge in [-0.2, -0.15) is 0 Å². The van der Waals surface area contributed by atoms with Crippen molar-refractivity contribution >= 4 is 28.2 Å². The molecule has 7 heteroatoms. The number of nitro groups is 1. The number of pyridine rings is 1. The standard InChI is InChI=1S/C13H13N3O4/c1-13(2,12(17)18)15-11-8-5-3-4-6-9(8)14-7-10(11)16(19)20/h3-7H,1-2H3,(H,14,15)(H,17,18). The van der Waals surface area contributed by atoms with E-state index in [0.717, 1.165) is 6.20 Å². The van der Waals surface area contributed by atoms with Crippen LogP contribution in [0.3, 0.4) is 0 Å². The SMILES string of the molecule is CC(C)(Nc1c([N+](=O)[O-])cnc2ccccc12)C(=O)O. The minimum Gasteiger partial charge on any atom is -0.480 e. The molecule has 2 aromatic rings. The van der Waals surface area contributed by atoms with E-state index in [4.69, 9.17) is 5.11 Å². The van der Waals surface area contributed by atoms with E-state index in [1.807, 2.05) is 0 Å². The number of nitrogens with one attached hydrogen (secondary N) is 1. The van der Waals surface area contributed by atoms with E-state index in [1.165, 1.54) is 13.8 Å². The van der Waals surface area contributed by atoms with Crippen molar-refractivity contribution in [3.63, 3.8) is 0 Å². The largest absolute Gasteiger partial charge is 0.480 e. The Morgan fingerprint density at radius 3 is 2.65 bits per heavy atom. The third-order valence-corrected chi connectivity index (χ3v) is 2.92. The number of aliphatic carboxylic acids is 1. The van der Waals surface area contributed by atoms with Gasteiger partial charge in [0.2, 0.25) is 0 Å². The number of rotatable bonds is 4. The summed E-state index contributed by atoms with van der Waals surface area (Å²) >= 11 is 0. The van der Waals surface area contributed by atoms with Crippen molar-refractivity contribution in [1.29, 1.82) is 0 Å². The molecule has 0 radical (unpaired) electrons. The lowest BCUT2D eigenvalue weighted by molar-refractivity contribution is -0.384. The van der Waals surface area contributed by atoms with E-state index in [0.29, 0.717) is 10.9 Å². The molecule has 7 nitrogen and oxygen atoms in total. The summed E-state index contributed by atoms with van der Waals surface area (Å²) in [5.74, 6) is -1.10. The Morgan fingerprint density at radius 2 is 2.05 bits per heavy atom. The molecule has 0 aliphatic rings. The monoisotopic (exact) mass is 275 g/mol. The molecule has 0 spiro atoms. The Balaban J connectivity index is 2.67. The van der Waals surface area contributed by atoms with Crippen LogP contribution in [0.4, 0.5) is 11.4 Å². The summed E-state index contributed by atoms with van der Waals surface area (Å²) < 4.78 is 0. The van der Waals surface area contributed by atoms with E-state index in [1.54, 1.807) is 24.3 Å². The molecule has 0 aliphatic heterocycles. The molecule has 1 heterocycles. The second-order valence-corrected chi connectivity index (χ2v) is 4.85. The molecule has 0 atom stereocenters. The quantitative estimate of drug-likeness (QED) is 0.655. The first-order chi connectivity index (χ1) is 9.33. The predicted octanol–water partition coefficient (Wildman–Crippen LogP) is 2.42. The number of anilines is 1. The van der Waals surface area contributed by atoms with E-state index in [9.17, 15) is 14.9 Å². The Morgan fingerprint density at radius 1 is 1.40 bits per heavy atom. The summed E-state index contributed by atoms with van der Waals surface area (Å²) in [5, 5.41) is 23.5. The zero-order chi connectivity index (χ0) is 14.9. The van der Waals surface area contributed by atoms with E-state index in [2.05, 4.69) is 10.3 Å². The molecule has 0 unspecified atom stereocenters. The predicted molar refractivity (Wildman–Crippen MR) is 73.7 cm³/mol. The lowest BCUT2D eigenvalue weighted by atomic mass is 10.0. The van der Waals surface area contributed by atoms with Crippen molar-refractivity contribution in [1.82, 2.24) is 4.98 Å². The van der Waals surface area contributed by atoms with Crippen molar-refractivity contribution in [2.24, 2.45) is 0 Å². The highest BCUT2D eigenvalue weighted by molar-refractivity contribution is 5.97. The number of carboxylic acid groups (broad SMARTS) is 1. The van der Waals surface area contributed by atoms with Crippen molar-refractivity contribution in [3.05, 3.63) is 40.6 Å². The third-order valence-electron chi connectivity index (χ3n) is 2.92. The fraction of sp³-hybridized carbons (Fsp3) is 0.231. The average molecular weight is 275 g/mol. The molecule has 0 amide bonds. The van der Waals surface area contributed by atoms with Crippen molar-refractivity contribution in [3.8, 4) is 0 Å². The Hall–Kier alpha value is -2.70. The van der Waals surface area contributed by atoms with Crippen molar-refractivity contribution in [2.45, 2.75) is 19.4 Å². The lowest BCUT2D eigenvalue weighted by Gasteiger charge is -2.23. The lowest BCUT2D eigenvalue weighted by Crippen LogP contribution is -2.40. The van der Waals surface area contributed by atoms with Gasteiger partial charge in [0.1, 0.15) is 17.4 Å². The first-order valence-electron chi connectivity index (χ1n) is 5.86. The Labute approximate surface area is 114 Å². The second kappa shape index (κ2) is 4.76. The van der Waals surface area contributed by atoms with Crippen LogP contribution in [-0.4, -0.2) is 26.5 Å². The summed E-state index contributed by atoms with van der Waals surface area (Å²) in [7, 11) is 0. The normalized spacial score (nSPS) is 11.3. The molecular weight excluding hydrogens is 262 g/mol. The van der Waals surface area contributed by atoms with Gasteiger partial charge in [-0.15, -0.1) is 0 Å². The number of nitrogens with zero attached hydrogens (tertiary/aromatic N) is 2. The van der Waals surface area contributed by atoms with Gasteiger partial charge in [-0.3, -0.25) is 10.1 Å². The molecule has 0 fully saturated rings. The smallest absolute Gasteiger partial charge is 0.328 e. The van der Waals surface area contributed by atoms with Crippen LogP contribution in [0, 0.1) is 10.1 Å². The third kappa shape index (κ3) is 2.37. The van der Waals surface area contributed by atoms with Crippen LogP contribution in [0.5, 0.6) is 0 Å². The van der Waals surface area contributed by atoms with Crippen molar-refractivity contribution in [2.75, 3.05) is 5.32 Å². The molecular formula is C13H13N3O4. The van der Waals surface area contributed by atoms with Crippen LogP contribution in [-0.2, 0) is 4.79 Å². The molecule has 0 saturated carbocycles. The number of hydrogen-bond acceptors (Lipinski definition) is 5. The van der Waals surface area contributed by atoms with Crippen LogP contribution < -0.4 is 5.32 Å². The van der Waals surface area contributed by atoms with Gasteiger partial charge in [-0.05, 0) is 19.9 Å². The topological polar surface area (TPSA) is 105 Å². The average Bonchev–Trinajstić information content (AvgIpc) is 2.38. The van der Waals surface area contributed by atoms with Crippen molar-refractivity contribution < 1.29 is 14.8 Å². The second-order valence-electron chi connectivity index (χ2n) is 4.85. The maximum absolute atomic E-state index is 11.2. The highest BCUT2D eigenvalue weighted by Gasteiger charge is 2.30. The van der Waals surface area contributed by atoms with Gasteiger partial charge < -0.3 is 10.4 Å². The maximum atomic E-state index is 11.2. The van der Waals surface area contributed by atoms with Gasteiger partial charge in [0.15, 0.2) is 0 Å². The number of carbonyl (C=O) groups is 1. The van der Waals surface area contributed by atoms with Gasteiger partial charge in [-0.1, -0.05) is 18.2 Å². The molecule has 104 valence electrons. The summed E-state index contributed by atoms with van der Waals surface area (Å²) in [6.07, 6.45) is 1.13. The van der Waals surface area contributed by atoms with Crippen LogP contribution >= 0.6 is 0 Å². The van der Waals surface area contributed by atoms with E-state index in [-0.39, 0.29) is 11.4 Å². The number of carboxylic acids is 1. The van der Waals surface area contributed by atoms with Crippen LogP contribution in [0.15, 0.2) is 30.5 Å². The molecule has 2 rings (SSSR count). The number of hydrogen-bond donors (Lipinski definition) is 2. The molecule has 20 heavy (non-hydrogen) atoms. The van der Waals surface area contributed by atoms with Gasteiger partial charge in [-0.25, -0.2) is 9.78 Å². The van der Waals surface area contributed by atoms with Crippen LogP contribution in [0.1, 0.15) is 13.8 Å². The zero-order valence-corrected chi connectivity index (χ0v) is 11.0. The molecule has 1 aromatic carbocycles. The molecule has 0 saturated heterocycles. The summed E-state index contributed by atoms with van der Waals surface area (Å²) in [4.78, 5) is 25.7. The highest BCUT2D eigenvalue weighted by Crippen LogP contribution is 2.33. The first kappa shape index (κ1) is 13.7. The minimum absolute atomic E-state index is 0.160. The zero-order valence-electron chi connectivity index (χ0n) is 11.0. The summed E-state index contributed by atoms with van der Waals surface area (Å²) in [6.45, 7) is 2.88. The summed E-state index contributed by atoms with van der Waals surface area (Å²) in [6, 6.07) is 6.84. The fourth-order valence-electron chi connectivity index (χ4n) is 1.77. The number of fused-ring (bicyclic) bond motifs is 1. The van der Waals surface area contributed by atoms with Crippen LogP contribution in [0.25, 0.3) is 10.9 Å². The fourth-order valence-corrected chi connectivity index (χ4v) is 1.77. The first-order valence-corrected chi connectivity index (χ1v) is 5.86. The van der Waals surface area contributed by atoms with Gasteiger partial charge in [0.05, 0.1) is 10.4 Å². The highest BCUT2D eigenvalue weighted by atomic mass is 16.6. The van der Waals surface area contributed by atoms with E-state index >= 15 is 0 Å². The number of para-hydroxylation sites is 1. The van der Waals surface area contributed by atoms with Crippen LogP contribution in [0.2, 0.25) is 0 Å². The molecule has 0 bridgehead atoms. The van der Waals surface area contributed by atoms with Gasteiger partial charge >= 0.3 is 11.7 Å². The maximum Gasteiger partial charge on any atom is 0.328 e. The molecule has 1 aromatic heterocycles. The number of benzene rings is 1. The van der Waals surface area contributed by atoms with E-state index < -0.39 is 16.4 Å². The Kier molecular flexibility index (Phi) is 3.27. The summed E-state index contributed by atoms with van der Waals surface area (Å²) in [5.41, 5.74) is -0.873. The van der Waals surface area contributed by atoms with Gasteiger partial charge in [0.25, 0.3) is 0 Å². The molecule has 0 aliphatic carbocycles. The van der Waals surface area contributed by atoms with Gasteiger partial charge in [0, 0.05) is 5.39 Å².